The molecule has 1 aliphatic heterocycles. The SMILES string of the molecule is CC(C)(C)OC(=O)N1CCc2c(Br)ncn2CC1. The van der Waals surface area contributed by atoms with Gasteiger partial charge in [0.2, 0.25) is 0 Å². The van der Waals surface area contributed by atoms with Crippen molar-refractivity contribution in [1.82, 2.24) is 14.5 Å². The Morgan fingerprint density at radius 1 is 1.39 bits per heavy atom. The van der Waals surface area contributed by atoms with Gasteiger partial charge >= 0.3 is 6.09 Å². The van der Waals surface area contributed by atoms with Crippen LogP contribution in [0.4, 0.5) is 4.79 Å². The average Bonchev–Trinajstić information content (AvgIpc) is 2.48. The first-order chi connectivity index (χ1) is 8.37. The monoisotopic (exact) mass is 315 g/mol. The van der Waals surface area contributed by atoms with E-state index in [0.29, 0.717) is 13.1 Å². The predicted octanol–water partition coefficient (Wildman–Crippen LogP) is 2.44. The fourth-order valence-electron chi connectivity index (χ4n) is 1.91. The first-order valence-electron chi connectivity index (χ1n) is 6.04. The van der Waals surface area contributed by atoms with Crippen LogP contribution in [0.1, 0.15) is 26.5 Å². The molecule has 0 spiro atoms. The molecule has 5 nitrogen and oxygen atoms in total. The van der Waals surface area contributed by atoms with Gasteiger partial charge in [0.1, 0.15) is 10.2 Å². The second-order valence-corrected chi connectivity index (χ2v) is 6.14. The van der Waals surface area contributed by atoms with Gasteiger partial charge in [0.15, 0.2) is 0 Å². The van der Waals surface area contributed by atoms with Gasteiger partial charge in [0.05, 0.1) is 12.0 Å². The van der Waals surface area contributed by atoms with Crippen molar-refractivity contribution in [2.24, 2.45) is 0 Å². The number of ether oxygens (including phenoxy) is 1. The smallest absolute Gasteiger partial charge is 0.410 e. The summed E-state index contributed by atoms with van der Waals surface area (Å²) in [6.45, 7) is 7.73. The molecular weight excluding hydrogens is 298 g/mol. The number of carbonyl (C=O) groups is 1. The van der Waals surface area contributed by atoms with Crippen molar-refractivity contribution in [3.8, 4) is 0 Å². The summed E-state index contributed by atoms with van der Waals surface area (Å²) in [5.41, 5.74) is 0.696. The average molecular weight is 316 g/mol. The van der Waals surface area contributed by atoms with Crippen LogP contribution in [0.5, 0.6) is 0 Å². The summed E-state index contributed by atoms with van der Waals surface area (Å²) in [7, 11) is 0. The highest BCUT2D eigenvalue weighted by atomic mass is 79.9. The van der Waals surface area contributed by atoms with Gasteiger partial charge in [-0.05, 0) is 36.7 Å². The van der Waals surface area contributed by atoms with Crippen LogP contribution >= 0.6 is 15.9 Å². The van der Waals surface area contributed by atoms with Gasteiger partial charge in [-0.15, -0.1) is 0 Å². The van der Waals surface area contributed by atoms with Gasteiger partial charge in [-0.2, -0.15) is 0 Å². The van der Waals surface area contributed by atoms with Crippen LogP contribution in [0, 0.1) is 0 Å². The number of aromatic nitrogens is 2. The highest BCUT2D eigenvalue weighted by Crippen LogP contribution is 2.19. The van der Waals surface area contributed by atoms with E-state index in [0.717, 1.165) is 23.3 Å². The van der Waals surface area contributed by atoms with E-state index in [1.54, 1.807) is 11.2 Å². The number of rotatable bonds is 0. The van der Waals surface area contributed by atoms with Crippen LogP contribution in [0.15, 0.2) is 10.9 Å². The third kappa shape index (κ3) is 3.04. The largest absolute Gasteiger partial charge is 0.444 e. The van der Waals surface area contributed by atoms with E-state index >= 15 is 0 Å². The summed E-state index contributed by atoms with van der Waals surface area (Å²) >= 11 is 3.43. The third-order valence-corrected chi connectivity index (χ3v) is 3.44. The quantitative estimate of drug-likeness (QED) is 0.738. The molecule has 0 atom stereocenters. The molecule has 0 N–H and O–H groups in total. The molecule has 2 rings (SSSR count). The van der Waals surface area contributed by atoms with Crippen molar-refractivity contribution in [3.05, 3.63) is 16.6 Å². The van der Waals surface area contributed by atoms with Crippen molar-refractivity contribution < 1.29 is 9.53 Å². The lowest BCUT2D eigenvalue weighted by molar-refractivity contribution is 0.0254. The Morgan fingerprint density at radius 3 is 2.78 bits per heavy atom. The third-order valence-electron chi connectivity index (χ3n) is 2.78. The van der Waals surface area contributed by atoms with Crippen molar-refractivity contribution >= 4 is 22.0 Å². The van der Waals surface area contributed by atoms with Crippen molar-refractivity contribution in [2.45, 2.75) is 39.3 Å². The van der Waals surface area contributed by atoms with Crippen LogP contribution in [0.25, 0.3) is 0 Å². The van der Waals surface area contributed by atoms with Crippen molar-refractivity contribution in [1.29, 1.82) is 0 Å². The van der Waals surface area contributed by atoms with Crippen LogP contribution in [-0.2, 0) is 17.7 Å². The zero-order valence-corrected chi connectivity index (χ0v) is 12.5. The molecule has 1 aliphatic rings. The topological polar surface area (TPSA) is 47.4 Å². The predicted molar refractivity (Wildman–Crippen MR) is 71.4 cm³/mol. The Bertz CT molecular complexity index is 451. The number of amides is 1. The minimum atomic E-state index is -0.444. The van der Waals surface area contributed by atoms with Gasteiger partial charge in [-0.1, -0.05) is 0 Å². The molecule has 0 aromatic carbocycles. The molecule has 0 radical (unpaired) electrons. The number of carbonyl (C=O) groups excluding carboxylic acids is 1. The molecule has 0 saturated heterocycles. The summed E-state index contributed by atoms with van der Waals surface area (Å²) in [6, 6.07) is 0. The first-order valence-corrected chi connectivity index (χ1v) is 6.83. The fourth-order valence-corrected chi connectivity index (χ4v) is 2.43. The normalized spacial score (nSPS) is 16.1. The molecule has 1 aromatic heterocycles. The molecule has 0 unspecified atom stereocenters. The van der Waals surface area contributed by atoms with E-state index in [2.05, 4.69) is 25.5 Å². The molecule has 100 valence electrons. The van der Waals surface area contributed by atoms with E-state index < -0.39 is 5.60 Å². The molecule has 0 saturated carbocycles. The Labute approximate surface area is 115 Å². The maximum Gasteiger partial charge on any atom is 0.410 e. The summed E-state index contributed by atoms with van der Waals surface area (Å²) in [6.07, 6.45) is 2.36. The van der Waals surface area contributed by atoms with E-state index in [4.69, 9.17) is 4.74 Å². The highest BCUT2D eigenvalue weighted by molar-refractivity contribution is 9.10. The molecule has 18 heavy (non-hydrogen) atoms. The molecule has 0 bridgehead atoms. The minimum absolute atomic E-state index is 0.239. The second kappa shape index (κ2) is 4.91. The molecule has 1 amide bonds. The summed E-state index contributed by atoms with van der Waals surface area (Å²) in [5.74, 6) is 0. The lowest BCUT2D eigenvalue weighted by Gasteiger charge is -2.26. The molecule has 1 aromatic rings. The fraction of sp³-hybridized carbons (Fsp3) is 0.667. The Kier molecular flexibility index (Phi) is 3.66. The zero-order valence-electron chi connectivity index (χ0n) is 10.9. The molecular formula is C12H18BrN3O2. The minimum Gasteiger partial charge on any atom is -0.444 e. The van der Waals surface area contributed by atoms with Crippen molar-refractivity contribution in [3.63, 3.8) is 0 Å². The van der Waals surface area contributed by atoms with Gasteiger partial charge in [-0.25, -0.2) is 9.78 Å². The summed E-state index contributed by atoms with van der Waals surface area (Å²) in [4.78, 5) is 18.0. The maximum absolute atomic E-state index is 12.0. The highest BCUT2D eigenvalue weighted by Gasteiger charge is 2.24. The number of halogens is 1. The second-order valence-electron chi connectivity index (χ2n) is 5.39. The molecule has 2 heterocycles. The Hall–Kier alpha value is -1.04. The van der Waals surface area contributed by atoms with Gasteiger partial charge in [0.25, 0.3) is 0 Å². The van der Waals surface area contributed by atoms with E-state index in [1.165, 1.54) is 0 Å². The van der Waals surface area contributed by atoms with Crippen molar-refractivity contribution in [2.75, 3.05) is 13.1 Å². The van der Waals surface area contributed by atoms with Crippen LogP contribution in [-0.4, -0.2) is 39.2 Å². The van der Waals surface area contributed by atoms with Gasteiger partial charge < -0.3 is 14.2 Å². The number of imidazole rings is 1. The lowest BCUT2D eigenvalue weighted by Crippen LogP contribution is -2.38. The van der Waals surface area contributed by atoms with E-state index in [9.17, 15) is 4.79 Å². The van der Waals surface area contributed by atoms with Crippen LogP contribution in [0.3, 0.4) is 0 Å². The number of hydrogen-bond acceptors (Lipinski definition) is 3. The summed E-state index contributed by atoms with van der Waals surface area (Å²) in [5, 5.41) is 0. The van der Waals surface area contributed by atoms with Gasteiger partial charge in [-0.3, -0.25) is 0 Å². The number of hydrogen-bond donors (Lipinski definition) is 0. The number of fused-ring (bicyclic) bond motifs is 1. The van der Waals surface area contributed by atoms with Crippen LogP contribution in [0.2, 0.25) is 0 Å². The van der Waals surface area contributed by atoms with E-state index in [1.807, 2.05) is 20.8 Å². The van der Waals surface area contributed by atoms with E-state index in [-0.39, 0.29) is 6.09 Å². The lowest BCUT2D eigenvalue weighted by atomic mass is 10.2. The Morgan fingerprint density at radius 2 is 2.11 bits per heavy atom. The zero-order chi connectivity index (χ0) is 13.3. The molecule has 0 aliphatic carbocycles. The number of nitrogens with zero attached hydrogens (tertiary/aromatic N) is 3. The first kappa shape index (κ1) is 13.4. The Balaban J connectivity index is 2.02. The molecule has 0 fully saturated rings. The maximum atomic E-state index is 12.0. The molecule has 6 heteroatoms. The van der Waals surface area contributed by atoms with Crippen LogP contribution < -0.4 is 0 Å². The standard InChI is InChI=1S/C12H18BrN3O2/c1-12(2,3)18-11(17)15-5-4-9-10(13)14-8-16(9)7-6-15/h8H,4-7H2,1-3H3. The summed E-state index contributed by atoms with van der Waals surface area (Å²) < 4.78 is 8.34. The van der Waals surface area contributed by atoms with Gasteiger partial charge in [0, 0.05) is 26.1 Å².